The molecule has 0 aromatic heterocycles. The highest BCUT2D eigenvalue weighted by molar-refractivity contribution is 8.18. The highest BCUT2D eigenvalue weighted by Gasteiger charge is 2.34. The zero-order valence-corrected chi connectivity index (χ0v) is 15.0. The molecule has 0 bridgehead atoms. The molecule has 1 fully saturated rings. The Bertz CT molecular complexity index is 797. The lowest BCUT2D eigenvalue weighted by Gasteiger charge is -2.12. The van der Waals surface area contributed by atoms with Crippen molar-refractivity contribution < 1.29 is 14.3 Å². The van der Waals surface area contributed by atoms with Gasteiger partial charge in [-0.2, -0.15) is 0 Å². The average Bonchev–Trinajstić information content (AvgIpc) is 2.85. The summed E-state index contributed by atoms with van der Waals surface area (Å²) in [5.41, 5.74) is 1.79. The van der Waals surface area contributed by atoms with E-state index in [0.717, 1.165) is 28.6 Å². The van der Waals surface area contributed by atoms with Crippen LogP contribution in [0.5, 0.6) is 5.75 Å². The molecule has 25 heavy (non-hydrogen) atoms. The number of hydrogen-bond donors (Lipinski definition) is 0. The Hall–Kier alpha value is -2.53. The van der Waals surface area contributed by atoms with Gasteiger partial charge in [-0.25, -0.2) is 0 Å². The van der Waals surface area contributed by atoms with Gasteiger partial charge in [-0.3, -0.25) is 14.5 Å². The van der Waals surface area contributed by atoms with Crippen LogP contribution in [0.2, 0.25) is 0 Å². The van der Waals surface area contributed by atoms with Crippen LogP contribution in [0.4, 0.5) is 4.79 Å². The van der Waals surface area contributed by atoms with E-state index in [4.69, 9.17) is 4.74 Å². The van der Waals surface area contributed by atoms with Crippen LogP contribution in [0.15, 0.2) is 59.5 Å². The van der Waals surface area contributed by atoms with Crippen LogP contribution < -0.4 is 4.74 Å². The molecule has 2 aromatic rings. The van der Waals surface area contributed by atoms with Gasteiger partial charge in [-0.15, -0.1) is 0 Å². The van der Waals surface area contributed by atoms with Crippen LogP contribution in [0.1, 0.15) is 25.0 Å². The van der Waals surface area contributed by atoms with Gasteiger partial charge in [0.15, 0.2) is 0 Å². The molecule has 2 amide bonds. The molecule has 0 saturated carbocycles. The SMILES string of the molecule is CC(C)Oc1ccc(C=C2SC(=O)N(Cc3ccccc3)C2=O)cc1. The van der Waals surface area contributed by atoms with Crippen molar-refractivity contribution in [3.63, 3.8) is 0 Å². The Morgan fingerprint density at radius 1 is 1.04 bits per heavy atom. The first-order valence-corrected chi connectivity index (χ1v) is 8.90. The number of amides is 2. The summed E-state index contributed by atoms with van der Waals surface area (Å²) in [5.74, 6) is 0.533. The van der Waals surface area contributed by atoms with Crippen molar-refractivity contribution in [3.05, 3.63) is 70.6 Å². The van der Waals surface area contributed by atoms with Gasteiger partial charge >= 0.3 is 0 Å². The highest BCUT2D eigenvalue weighted by Crippen LogP contribution is 2.33. The second kappa shape index (κ2) is 7.57. The number of thioether (sulfide) groups is 1. The molecule has 0 atom stereocenters. The zero-order valence-electron chi connectivity index (χ0n) is 14.1. The topological polar surface area (TPSA) is 46.6 Å². The maximum atomic E-state index is 12.5. The van der Waals surface area contributed by atoms with Gasteiger partial charge in [0, 0.05) is 0 Å². The number of carbonyl (C=O) groups is 2. The number of ether oxygens (including phenoxy) is 1. The quantitative estimate of drug-likeness (QED) is 0.730. The third kappa shape index (κ3) is 4.31. The predicted molar refractivity (Wildman–Crippen MR) is 100 cm³/mol. The van der Waals surface area contributed by atoms with Crippen LogP contribution in [-0.2, 0) is 11.3 Å². The van der Waals surface area contributed by atoms with Gasteiger partial charge in [0.05, 0.1) is 17.6 Å². The molecule has 128 valence electrons. The molecule has 0 aliphatic carbocycles. The molecule has 1 aliphatic rings. The summed E-state index contributed by atoms with van der Waals surface area (Å²) >= 11 is 0.978. The maximum Gasteiger partial charge on any atom is 0.293 e. The molecule has 0 N–H and O–H groups in total. The fourth-order valence-corrected chi connectivity index (χ4v) is 3.31. The van der Waals surface area contributed by atoms with E-state index in [2.05, 4.69) is 0 Å². The van der Waals surface area contributed by atoms with E-state index in [1.807, 2.05) is 68.4 Å². The van der Waals surface area contributed by atoms with E-state index in [0.29, 0.717) is 11.4 Å². The molecular weight excluding hydrogens is 334 g/mol. The second-order valence-corrected chi connectivity index (χ2v) is 6.98. The van der Waals surface area contributed by atoms with Crippen molar-refractivity contribution in [2.45, 2.75) is 26.5 Å². The molecule has 0 radical (unpaired) electrons. The summed E-state index contributed by atoms with van der Waals surface area (Å²) in [6.07, 6.45) is 1.86. The third-order valence-corrected chi connectivity index (χ3v) is 4.51. The first-order chi connectivity index (χ1) is 12.0. The van der Waals surface area contributed by atoms with Gasteiger partial charge in [0.2, 0.25) is 0 Å². The Kier molecular flexibility index (Phi) is 5.24. The Balaban J connectivity index is 1.73. The van der Waals surface area contributed by atoms with Crippen molar-refractivity contribution in [1.82, 2.24) is 4.90 Å². The van der Waals surface area contributed by atoms with E-state index >= 15 is 0 Å². The maximum absolute atomic E-state index is 12.5. The Morgan fingerprint density at radius 3 is 2.36 bits per heavy atom. The number of imide groups is 1. The number of benzene rings is 2. The summed E-state index contributed by atoms with van der Waals surface area (Å²) in [5, 5.41) is -0.236. The van der Waals surface area contributed by atoms with E-state index in [1.165, 1.54) is 4.90 Å². The minimum atomic E-state index is -0.249. The zero-order chi connectivity index (χ0) is 17.8. The lowest BCUT2D eigenvalue weighted by Crippen LogP contribution is -2.27. The van der Waals surface area contributed by atoms with Gasteiger partial charge in [0.1, 0.15) is 5.75 Å². The normalized spacial score (nSPS) is 16.1. The third-order valence-electron chi connectivity index (χ3n) is 3.61. The minimum absolute atomic E-state index is 0.111. The van der Waals surface area contributed by atoms with Crippen LogP contribution >= 0.6 is 11.8 Å². The van der Waals surface area contributed by atoms with Crippen molar-refractivity contribution >= 4 is 29.0 Å². The van der Waals surface area contributed by atoms with Crippen molar-refractivity contribution in [2.24, 2.45) is 0 Å². The van der Waals surface area contributed by atoms with Gasteiger partial charge in [-0.1, -0.05) is 42.5 Å². The molecule has 0 spiro atoms. The van der Waals surface area contributed by atoms with Crippen LogP contribution in [-0.4, -0.2) is 22.2 Å². The largest absolute Gasteiger partial charge is 0.491 e. The van der Waals surface area contributed by atoms with E-state index in [1.54, 1.807) is 6.08 Å². The fourth-order valence-electron chi connectivity index (χ4n) is 2.47. The second-order valence-electron chi connectivity index (χ2n) is 5.99. The number of hydrogen-bond acceptors (Lipinski definition) is 4. The number of carbonyl (C=O) groups excluding carboxylic acids is 2. The van der Waals surface area contributed by atoms with E-state index in [-0.39, 0.29) is 17.3 Å². The monoisotopic (exact) mass is 353 g/mol. The van der Waals surface area contributed by atoms with Crippen molar-refractivity contribution in [2.75, 3.05) is 0 Å². The summed E-state index contributed by atoms with van der Waals surface area (Å²) in [4.78, 5) is 26.4. The lowest BCUT2D eigenvalue weighted by molar-refractivity contribution is -0.123. The van der Waals surface area contributed by atoms with Gasteiger partial charge in [-0.05, 0) is 54.9 Å². The highest BCUT2D eigenvalue weighted by atomic mass is 32.2. The smallest absolute Gasteiger partial charge is 0.293 e. The van der Waals surface area contributed by atoms with Crippen LogP contribution in [0.25, 0.3) is 6.08 Å². The summed E-state index contributed by atoms with van der Waals surface area (Å²) in [6.45, 7) is 4.23. The first-order valence-electron chi connectivity index (χ1n) is 8.09. The Labute approximate surface area is 151 Å². The summed E-state index contributed by atoms with van der Waals surface area (Å²) in [7, 11) is 0. The molecule has 1 heterocycles. The predicted octanol–water partition coefficient (Wildman–Crippen LogP) is 4.71. The first kappa shape index (κ1) is 17.3. The van der Waals surface area contributed by atoms with Crippen molar-refractivity contribution in [3.8, 4) is 5.75 Å². The standard InChI is InChI=1S/C20H19NO3S/c1-14(2)24-17-10-8-15(9-11-17)12-18-19(22)21(20(23)25-18)13-16-6-4-3-5-7-16/h3-12,14H,13H2,1-2H3. The minimum Gasteiger partial charge on any atom is -0.491 e. The number of rotatable bonds is 5. The fraction of sp³-hybridized carbons (Fsp3) is 0.200. The van der Waals surface area contributed by atoms with E-state index < -0.39 is 0 Å². The van der Waals surface area contributed by atoms with Gasteiger partial charge in [0.25, 0.3) is 11.1 Å². The lowest BCUT2D eigenvalue weighted by atomic mass is 10.2. The van der Waals surface area contributed by atoms with Crippen LogP contribution in [0.3, 0.4) is 0 Å². The van der Waals surface area contributed by atoms with E-state index in [9.17, 15) is 9.59 Å². The molecule has 4 nitrogen and oxygen atoms in total. The molecule has 0 unspecified atom stereocenters. The molecular formula is C20H19NO3S. The molecule has 5 heteroatoms. The van der Waals surface area contributed by atoms with Gasteiger partial charge < -0.3 is 4.74 Å². The Morgan fingerprint density at radius 2 is 1.72 bits per heavy atom. The molecule has 1 aliphatic heterocycles. The summed E-state index contributed by atoms with van der Waals surface area (Å²) < 4.78 is 5.61. The molecule has 1 saturated heterocycles. The molecule has 2 aromatic carbocycles. The number of nitrogens with zero attached hydrogens (tertiary/aromatic N) is 1. The van der Waals surface area contributed by atoms with Crippen LogP contribution in [0, 0.1) is 0 Å². The summed E-state index contributed by atoms with van der Waals surface area (Å²) in [6, 6.07) is 17.0. The molecule has 3 rings (SSSR count). The average molecular weight is 353 g/mol. The van der Waals surface area contributed by atoms with Crippen molar-refractivity contribution in [1.29, 1.82) is 0 Å².